The van der Waals surface area contributed by atoms with Crippen molar-refractivity contribution in [3.8, 4) is 0 Å². The minimum absolute atomic E-state index is 0.903. The van der Waals surface area contributed by atoms with Gasteiger partial charge in [-0.15, -0.1) is 0 Å². The lowest BCUT2D eigenvalue weighted by Crippen LogP contribution is -2.01. The lowest BCUT2D eigenvalue weighted by molar-refractivity contribution is 1.12. The summed E-state index contributed by atoms with van der Waals surface area (Å²) >= 11 is 0. The van der Waals surface area contributed by atoms with Crippen LogP contribution >= 0.6 is 0 Å². The van der Waals surface area contributed by atoms with E-state index in [1.807, 2.05) is 18.5 Å². The molecule has 17 heavy (non-hydrogen) atoms. The zero-order valence-electron chi connectivity index (χ0n) is 9.09. The van der Waals surface area contributed by atoms with Crippen molar-refractivity contribution < 1.29 is 0 Å². The molecule has 2 heterocycles. The first-order chi connectivity index (χ1) is 8.42. The number of azo groups is 1. The third-order valence-corrected chi connectivity index (χ3v) is 3.27. The maximum Gasteiger partial charge on any atom is 0.0915 e. The van der Waals surface area contributed by atoms with E-state index in [-0.39, 0.29) is 0 Å². The average Bonchev–Trinajstić information content (AvgIpc) is 2.83. The highest BCUT2D eigenvalue weighted by atomic mass is 15.1. The topological polar surface area (TPSA) is 37.6 Å². The molecule has 0 atom stereocenters. The van der Waals surface area contributed by atoms with Crippen LogP contribution < -0.4 is 0 Å². The molecule has 0 saturated carbocycles. The molecule has 1 aliphatic heterocycles. The summed E-state index contributed by atoms with van der Waals surface area (Å²) in [7, 11) is 0. The summed E-state index contributed by atoms with van der Waals surface area (Å²) in [4.78, 5) is 4.47. The van der Waals surface area contributed by atoms with Crippen LogP contribution in [0.1, 0.15) is 11.1 Å². The van der Waals surface area contributed by atoms with Crippen molar-refractivity contribution in [3.63, 3.8) is 0 Å². The van der Waals surface area contributed by atoms with Crippen molar-refractivity contribution in [2.75, 3.05) is 0 Å². The zero-order chi connectivity index (χ0) is 11.2. The van der Waals surface area contributed by atoms with Crippen LogP contribution in [0.5, 0.6) is 0 Å². The molecule has 1 aliphatic carbocycles. The molecule has 0 spiro atoms. The van der Waals surface area contributed by atoms with E-state index in [9.17, 15) is 0 Å². The summed E-state index contributed by atoms with van der Waals surface area (Å²) in [6.07, 6.45) is 6.68. The molecule has 0 N–H and O–H groups in total. The summed E-state index contributed by atoms with van der Waals surface area (Å²) in [6, 6.07) is 8.35. The molecular weight excluding hydrogens is 210 g/mol. The fraction of sp³-hybridized carbons (Fsp3) is 0.0714. The molecule has 1 aromatic heterocycles. The second-order valence-corrected chi connectivity index (χ2v) is 4.29. The normalized spacial score (nSPS) is 16.5. The molecule has 4 rings (SSSR count). The molecular formula is C14H9N3. The van der Waals surface area contributed by atoms with Crippen LogP contribution in [0.25, 0.3) is 17.0 Å². The molecule has 3 nitrogen and oxygen atoms in total. The van der Waals surface area contributed by atoms with Crippen molar-refractivity contribution in [2.24, 2.45) is 10.2 Å². The highest BCUT2D eigenvalue weighted by Gasteiger charge is 2.19. The molecule has 80 valence electrons. The molecule has 3 heteroatoms. The van der Waals surface area contributed by atoms with Crippen molar-refractivity contribution >= 4 is 17.0 Å². The van der Waals surface area contributed by atoms with E-state index >= 15 is 0 Å². The molecule has 0 amide bonds. The standard InChI is InChI=1S/C14H9N3/c1-2-9-3-4-10-6-11-8-16-17-13(11)7-12(10)14(9)15-5-1/h1-5,7-8H,6H2. The summed E-state index contributed by atoms with van der Waals surface area (Å²) in [6.45, 7) is 0. The van der Waals surface area contributed by atoms with Gasteiger partial charge in [0.15, 0.2) is 0 Å². The van der Waals surface area contributed by atoms with Crippen LogP contribution in [-0.4, -0.2) is 4.98 Å². The molecule has 1 aromatic carbocycles. The van der Waals surface area contributed by atoms with Crippen molar-refractivity contribution in [1.82, 2.24) is 4.98 Å². The van der Waals surface area contributed by atoms with Crippen molar-refractivity contribution in [2.45, 2.75) is 6.42 Å². The minimum atomic E-state index is 0.903. The van der Waals surface area contributed by atoms with Gasteiger partial charge in [-0.1, -0.05) is 18.2 Å². The second-order valence-electron chi connectivity index (χ2n) is 4.29. The summed E-state index contributed by atoms with van der Waals surface area (Å²) in [5.74, 6) is 0. The van der Waals surface area contributed by atoms with E-state index in [0.717, 1.165) is 17.6 Å². The molecule has 2 aliphatic rings. The maximum atomic E-state index is 4.47. The Hall–Kier alpha value is -2.29. The van der Waals surface area contributed by atoms with E-state index < -0.39 is 0 Å². The van der Waals surface area contributed by atoms with Gasteiger partial charge in [0.1, 0.15) is 0 Å². The number of hydrogen-bond donors (Lipinski definition) is 0. The molecule has 0 fully saturated rings. The molecule has 0 radical (unpaired) electrons. The van der Waals surface area contributed by atoms with Gasteiger partial charge in [-0.05, 0) is 17.7 Å². The SMILES string of the molecule is C1=C2Cc3ccc4cccnc4c3C=C2N=N1. The Morgan fingerprint density at radius 1 is 1.12 bits per heavy atom. The third-order valence-electron chi connectivity index (χ3n) is 3.27. The summed E-state index contributed by atoms with van der Waals surface area (Å²) in [5, 5.41) is 9.27. The number of benzene rings is 1. The van der Waals surface area contributed by atoms with Gasteiger partial charge in [0.05, 0.1) is 17.4 Å². The minimum Gasteiger partial charge on any atom is -0.256 e. The van der Waals surface area contributed by atoms with E-state index in [0.29, 0.717) is 0 Å². The number of allylic oxidation sites excluding steroid dienone is 1. The van der Waals surface area contributed by atoms with Gasteiger partial charge in [0, 0.05) is 29.1 Å². The Morgan fingerprint density at radius 2 is 2.12 bits per heavy atom. The largest absolute Gasteiger partial charge is 0.256 e. The smallest absolute Gasteiger partial charge is 0.0915 e. The van der Waals surface area contributed by atoms with Crippen LogP contribution in [0.4, 0.5) is 0 Å². The first-order valence-electron chi connectivity index (χ1n) is 5.60. The van der Waals surface area contributed by atoms with Gasteiger partial charge >= 0.3 is 0 Å². The number of fused-ring (bicyclic) bond motifs is 4. The Balaban J connectivity index is 2.08. The third kappa shape index (κ3) is 1.19. The maximum absolute atomic E-state index is 4.47. The Bertz CT molecular complexity index is 723. The lowest BCUT2D eigenvalue weighted by atomic mass is 9.90. The van der Waals surface area contributed by atoms with Gasteiger partial charge < -0.3 is 0 Å². The van der Waals surface area contributed by atoms with Gasteiger partial charge in [-0.3, -0.25) is 4.98 Å². The summed E-state index contributed by atoms with van der Waals surface area (Å²) < 4.78 is 0. The predicted octanol–water partition coefficient (Wildman–Crippen LogP) is 3.48. The highest BCUT2D eigenvalue weighted by molar-refractivity contribution is 5.90. The second kappa shape index (κ2) is 3.10. The Morgan fingerprint density at radius 3 is 3.12 bits per heavy atom. The molecule has 2 aromatic rings. The predicted molar refractivity (Wildman–Crippen MR) is 66.4 cm³/mol. The number of hydrogen-bond acceptors (Lipinski definition) is 3. The van der Waals surface area contributed by atoms with Crippen LogP contribution in [0, 0.1) is 0 Å². The fourth-order valence-electron chi connectivity index (χ4n) is 2.42. The lowest BCUT2D eigenvalue weighted by Gasteiger charge is -2.15. The quantitative estimate of drug-likeness (QED) is 0.668. The van der Waals surface area contributed by atoms with Gasteiger partial charge in [-0.25, -0.2) is 0 Å². The molecule has 0 bridgehead atoms. The van der Waals surface area contributed by atoms with E-state index in [1.165, 1.54) is 22.1 Å². The van der Waals surface area contributed by atoms with Gasteiger partial charge in [-0.2, -0.15) is 10.2 Å². The molecule has 0 saturated heterocycles. The Labute approximate surface area is 98.2 Å². The fourth-order valence-corrected chi connectivity index (χ4v) is 2.42. The van der Waals surface area contributed by atoms with E-state index in [2.05, 4.69) is 39.5 Å². The first-order valence-corrected chi connectivity index (χ1v) is 5.60. The van der Waals surface area contributed by atoms with Crippen LogP contribution in [0.15, 0.2) is 58.2 Å². The average molecular weight is 219 g/mol. The van der Waals surface area contributed by atoms with E-state index in [4.69, 9.17) is 0 Å². The number of pyridine rings is 1. The van der Waals surface area contributed by atoms with Crippen molar-refractivity contribution in [1.29, 1.82) is 0 Å². The van der Waals surface area contributed by atoms with Crippen LogP contribution in [-0.2, 0) is 6.42 Å². The van der Waals surface area contributed by atoms with Crippen LogP contribution in [0.3, 0.4) is 0 Å². The molecule has 0 unspecified atom stereocenters. The van der Waals surface area contributed by atoms with Gasteiger partial charge in [0.2, 0.25) is 0 Å². The Kier molecular flexibility index (Phi) is 1.61. The summed E-state index contributed by atoms with van der Waals surface area (Å²) in [5.41, 5.74) is 5.73. The number of rotatable bonds is 0. The first kappa shape index (κ1) is 8.82. The van der Waals surface area contributed by atoms with Crippen molar-refractivity contribution in [3.05, 3.63) is 59.1 Å². The monoisotopic (exact) mass is 219 g/mol. The van der Waals surface area contributed by atoms with Gasteiger partial charge in [0.25, 0.3) is 0 Å². The number of aromatic nitrogens is 1. The van der Waals surface area contributed by atoms with E-state index in [1.54, 1.807) is 0 Å². The zero-order valence-corrected chi connectivity index (χ0v) is 9.09. The van der Waals surface area contributed by atoms with Crippen LogP contribution in [0.2, 0.25) is 0 Å². The highest BCUT2D eigenvalue weighted by Crippen LogP contribution is 2.34. The number of nitrogens with zero attached hydrogens (tertiary/aromatic N) is 3.